The first-order valence-electron chi connectivity index (χ1n) is 4.28. The minimum atomic E-state index is -2.90. The molecule has 15 heavy (non-hydrogen) atoms. The van der Waals surface area contributed by atoms with Crippen LogP contribution < -0.4 is 11.5 Å². The number of aliphatic imine (C=N–C) groups is 1. The number of hydrogen-bond donors (Lipinski definition) is 2. The topological polar surface area (TPSA) is 131 Å². The lowest BCUT2D eigenvalue weighted by molar-refractivity contribution is -0.136. The first-order valence-corrected chi connectivity index (χ1v) is 5.28. The van der Waals surface area contributed by atoms with Gasteiger partial charge in [-0.3, -0.25) is 0 Å². The second kappa shape index (κ2) is 6.36. The molecule has 3 atom stereocenters. The van der Waals surface area contributed by atoms with Gasteiger partial charge in [0.1, 0.15) is 11.4 Å². The third-order valence-corrected chi connectivity index (χ3v) is 2.16. The Labute approximate surface area is 90.4 Å². The molecule has 7 nitrogen and oxygen atoms in total. The van der Waals surface area contributed by atoms with Crippen molar-refractivity contribution in [1.29, 1.82) is 0 Å². The van der Waals surface area contributed by atoms with Crippen molar-refractivity contribution in [3.8, 4) is 0 Å². The summed E-state index contributed by atoms with van der Waals surface area (Å²) in [5.74, 6) is -1.47. The Balaban J connectivity index is 4.70. The van der Waals surface area contributed by atoms with Crippen LogP contribution in [0.3, 0.4) is 0 Å². The predicted octanol–water partition coefficient (Wildman–Crippen LogP) is -0.988. The van der Waals surface area contributed by atoms with Crippen molar-refractivity contribution in [1.82, 2.24) is 0 Å². The zero-order chi connectivity index (χ0) is 12.0. The van der Waals surface area contributed by atoms with E-state index in [0.717, 1.165) is 0 Å². The fourth-order valence-corrected chi connectivity index (χ4v) is 1.15. The van der Waals surface area contributed by atoms with Crippen LogP contribution in [0.4, 0.5) is 0 Å². The van der Waals surface area contributed by atoms with E-state index in [0.29, 0.717) is 6.42 Å². The molecule has 0 fully saturated rings. The van der Waals surface area contributed by atoms with Crippen LogP contribution in [0.15, 0.2) is 4.99 Å². The summed E-state index contributed by atoms with van der Waals surface area (Å²) in [4.78, 5) is 14.9. The van der Waals surface area contributed by atoms with Crippen LogP contribution in [-0.4, -0.2) is 26.7 Å². The van der Waals surface area contributed by atoms with Crippen LogP contribution in [0, 0.1) is 5.92 Å². The third kappa shape index (κ3) is 5.33. The number of hydrogen-bond acceptors (Lipinski definition) is 5. The Morgan fingerprint density at radius 1 is 1.60 bits per heavy atom. The van der Waals surface area contributed by atoms with Crippen molar-refractivity contribution >= 4 is 23.3 Å². The zero-order valence-electron chi connectivity index (χ0n) is 8.50. The summed E-state index contributed by atoms with van der Waals surface area (Å²) in [5.41, 5.74) is 10.2. The summed E-state index contributed by atoms with van der Waals surface area (Å²) >= 11 is -2.90. The number of rotatable bonds is 5. The van der Waals surface area contributed by atoms with Gasteiger partial charge in [-0.15, -0.1) is 0 Å². The molecule has 8 heteroatoms. The maximum absolute atomic E-state index is 11.3. The number of carbonyl (C=O) groups is 1. The predicted molar refractivity (Wildman–Crippen MR) is 54.1 cm³/mol. The summed E-state index contributed by atoms with van der Waals surface area (Å²) in [6.45, 7) is 3.54. The average molecular weight is 236 g/mol. The lowest BCUT2D eigenvalue weighted by atomic mass is 10.0. The van der Waals surface area contributed by atoms with Gasteiger partial charge in [0.15, 0.2) is 12.0 Å². The van der Waals surface area contributed by atoms with Crippen molar-refractivity contribution in [3.05, 3.63) is 0 Å². The van der Waals surface area contributed by atoms with Crippen LogP contribution in [0.1, 0.15) is 20.3 Å². The highest BCUT2D eigenvalue weighted by Gasteiger charge is 2.25. The molecule has 0 aliphatic rings. The van der Waals surface area contributed by atoms with Crippen LogP contribution >= 0.6 is 0 Å². The van der Waals surface area contributed by atoms with Gasteiger partial charge < -0.3 is 20.2 Å². The quantitative estimate of drug-likeness (QED) is 0.358. The largest absolute Gasteiger partial charge is 0.740 e. The smallest absolute Gasteiger partial charge is 0.344 e. The molecule has 4 N–H and O–H groups in total. The van der Waals surface area contributed by atoms with E-state index in [1.807, 2.05) is 6.92 Å². The van der Waals surface area contributed by atoms with Gasteiger partial charge in [0, 0.05) is 0 Å². The van der Waals surface area contributed by atoms with Crippen molar-refractivity contribution in [2.75, 3.05) is 0 Å². The van der Waals surface area contributed by atoms with Gasteiger partial charge in [0.2, 0.25) is 0 Å². The van der Waals surface area contributed by atoms with Crippen LogP contribution in [0.25, 0.3) is 0 Å². The van der Waals surface area contributed by atoms with Gasteiger partial charge in [-0.25, -0.2) is 14.0 Å². The van der Waals surface area contributed by atoms with Crippen LogP contribution in [-0.2, 0) is 20.3 Å². The molecule has 0 aromatic rings. The van der Waals surface area contributed by atoms with E-state index in [2.05, 4.69) is 9.18 Å². The van der Waals surface area contributed by atoms with Crippen molar-refractivity contribution in [2.45, 2.75) is 26.3 Å². The van der Waals surface area contributed by atoms with E-state index in [9.17, 15) is 13.6 Å². The molecule has 0 aliphatic carbocycles. The number of carbonyl (C=O) groups excluding carboxylic acids is 1. The molecule has 0 rings (SSSR count). The Morgan fingerprint density at radius 2 is 2.13 bits per heavy atom. The summed E-state index contributed by atoms with van der Waals surface area (Å²) in [7, 11) is 0. The highest BCUT2D eigenvalue weighted by Crippen LogP contribution is 2.13. The van der Waals surface area contributed by atoms with Crippen molar-refractivity contribution in [2.24, 2.45) is 22.4 Å². The SMILES string of the molecule is CCC(C)C(N=C(N)N)C(=O)OS(=O)[O-]. The second-order valence-electron chi connectivity index (χ2n) is 2.99. The maximum atomic E-state index is 11.3. The van der Waals surface area contributed by atoms with E-state index >= 15 is 0 Å². The van der Waals surface area contributed by atoms with E-state index in [4.69, 9.17) is 11.5 Å². The first kappa shape index (κ1) is 13.8. The van der Waals surface area contributed by atoms with Crippen LogP contribution in [0.5, 0.6) is 0 Å². The minimum Gasteiger partial charge on any atom is -0.740 e. The fraction of sp³-hybridized carbons (Fsp3) is 0.714. The first-order chi connectivity index (χ1) is 6.88. The summed E-state index contributed by atoms with van der Waals surface area (Å²) in [5, 5.41) is 0. The monoisotopic (exact) mass is 236 g/mol. The molecule has 3 unspecified atom stereocenters. The summed E-state index contributed by atoms with van der Waals surface area (Å²) < 4.78 is 24.3. The van der Waals surface area contributed by atoms with E-state index in [1.165, 1.54) is 0 Å². The number of nitrogens with two attached hydrogens (primary N) is 2. The Kier molecular flexibility index (Phi) is 5.87. The molecular formula is C7H14N3O4S-. The molecule has 0 heterocycles. The molecule has 0 aromatic carbocycles. The molecule has 0 aliphatic heterocycles. The third-order valence-electron chi connectivity index (χ3n) is 1.86. The zero-order valence-corrected chi connectivity index (χ0v) is 9.32. The van der Waals surface area contributed by atoms with Gasteiger partial charge in [-0.2, -0.15) is 0 Å². The fourth-order valence-electron chi connectivity index (χ4n) is 0.912. The Bertz CT molecular complexity index is 277. The maximum Gasteiger partial charge on any atom is 0.344 e. The molecule has 0 saturated heterocycles. The molecule has 0 aromatic heterocycles. The molecule has 0 amide bonds. The minimum absolute atomic E-state index is 0.205. The lowest BCUT2D eigenvalue weighted by Crippen LogP contribution is -2.34. The van der Waals surface area contributed by atoms with E-state index in [1.54, 1.807) is 6.92 Å². The molecule has 0 bridgehead atoms. The van der Waals surface area contributed by atoms with Gasteiger partial charge >= 0.3 is 5.97 Å². The van der Waals surface area contributed by atoms with E-state index < -0.39 is 23.4 Å². The van der Waals surface area contributed by atoms with Crippen molar-refractivity contribution < 1.29 is 17.7 Å². The number of guanidine groups is 1. The van der Waals surface area contributed by atoms with E-state index in [-0.39, 0.29) is 11.9 Å². The molecule has 0 radical (unpaired) electrons. The Morgan fingerprint density at radius 3 is 2.47 bits per heavy atom. The summed E-state index contributed by atoms with van der Waals surface area (Å²) in [6, 6.07) is -0.988. The van der Waals surface area contributed by atoms with Gasteiger partial charge in [-0.1, -0.05) is 20.3 Å². The number of nitrogens with zero attached hydrogens (tertiary/aromatic N) is 1. The molecule has 88 valence electrons. The molecule has 0 saturated carbocycles. The van der Waals surface area contributed by atoms with Gasteiger partial charge in [0.25, 0.3) is 0 Å². The lowest BCUT2D eigenvalue weighted by Gasteiger charge is -2.17. The second-order valence-corrected chi connectivity index (χ2v) is 3.57. The Hall–Kier alpha value is -1.15. The summed E-state index contributed by atoms with van der Waals surface area (Å²) in [6.07, 6.45) is 0.613. The normalized spacial score (nSPS) is 16.2. The standard InChI is InChI=1S/C7H15N3O4S/c1-3-4(2)5(10-7(8)9)6(11)14-15(12)13/h4-5H,3H2,1-2H3,(H,12,13)(H4,8,9,10)/p-1. The average Bonchev–Trinajstić information content (AvgIpc) is 2.11. The molecule has 0 spiro atoms. The van der Waals surface area contributed by atoms with Gasteiger partial charge in [0.05, 0.1) is 0 Å². The van der Waals surface area contributed by atoms with Gasteiger partial charge in [-0.05, 0) is 5.92 Å². The highest BCUT2D eigenvalue weighted by atomic mass is 32.2. The highest BCUT2D eigenvalue weighted by molar-refractivity contribution is 7.74. The molecular weight excluding hydrogens is 222 g/mol. The van der Waals surface area contributed by atoms with Crippen LogP contribution in [0.2, 0.25) is 0 Å². The van der Waals surface area contributed by atoms with Crippen molar-refractivity contribution in [3.63, 3.8) is 0 Å².